The standard InChI is InChI=1S/C23H24ClN5O2/c1-29(2)19-6-4-5-17(13-19)22(30)28-23(26-15-16-9-11-25-12-10-16)27-20-14-18(24)7-8-21(20)31-3/h4-14H,15H2,1-3H3,(H2,26,27,28,30). The predicted molar refractivity (Wildman–Crippen MR) is 125 cm³/mol. The summed E-state index contributed by atoms with van der Waals surface area (Å²) in [6, 6.07) is 16.3. The average Bonchev–Trinajstić information content (AvgIpc) is 2.78. The molecule has 0 saturated carbocycles. The summed E-state index contributed by atoms with van der Waals surface area (Å²) in [5.74, 6) is 0.563. The third-order valence-electron chi connectivity index (χ3n) is 4.44. The van der Waals surface area contributed by atoms with E-state index in [1.165, 1.54) is 0 Å². The first kappa shape index (κ1) is 22.1. The van der Waals surface area contributed by atoms with Gasteiger partial charge in [-0.05, 0) is 54.1 Å². The zero-order valence-electron chi connectivity index (χ0n) is 17.6. The number of aromatic nitrogens is 1. The first-order valence-corrected chi connectivity index (χ1v) is 9.96. The van der Waals surface area contributed by atoms with E-state index in [1.807, 2.05) is 49.3 Å². The maximum Gasteiger partial charge on any atom is 0.258 e. The Bertz CT molecular complexity index is 1070. The zero-order valence-corrected chi connectivity index (χ0v) is 18.3. The number of ether oxygens (including phenoxy) is 1. The molecule has 1 heterocycles. The minimum absolute atomic E-state index is 0.276. The first-order valence-electron chi connectivity index (χ1n) is 9.59. The number of rotatable bonds is 6. The van der Waals surface area contributed by atoms with Gasteiger partial charge in [0.1, 0.15) is 5.75 Å². The Balaban J connectivity index is 1.87. The number of nitrogens with one attached hydrogen (secondary N) is 2. The normalized spacial score (nSPS) is 11.0. The number of methoxy groups -OCH3 is 1. The van der Waals surface area contributed by atoms with Crippen LogP contribution in [0.4, 0.5) is 11.4 Å². The van der Waals surface area contributed by atoms with Crippen LogP contribution >= 0.6 is 11.6 Å². The second kappa shape index (κ2) is 10.4. The second-order valence-corrected chi connectivity index (χ2v) is 7.33. The van der Waals surface area contributed by atoms with Gasteiger partial charge in [0.15, 0.2) is 0 Å². The van der Waals surface area contributed by atoms with Crippen LogP contribution in [0.1, 0.15) is 15.9 Å². The van der Waals surface area contributed by atoms with Crippen LogP contribution in [-0.4, -0.2) is 38.1 Å². The fourth-order valence-electron chi connectivity index (χ4n) is 2.78. The number of guanidine groups is 1. The molecule has 160 valence electrons. The third kappa shape index (κ3) is 6.20. The molecule has 0 aliphatic heterocycles. The number of halogens is 1. The van der Waals surface area contributed by atoms with Crippen molar-refractivity contribution in [1.29, 1.82) is 0 Å². The van der Waals surface area contributed by atoms with Crippen molar-refractivity contribution in [3.63, 3.8) is 0 Å². The van der Waals surface area contributed by atoms with E-state index in [0.717, 1.165) is 11.3 Å². The number of aliphatic imine (C=N–C) groups is 1. The van der Waals surface area contributed by atoms with Gasteiger partial charge < -0.3 is 15.0 Å². The van der Waals surface area contributed by atoms with Crippen molar-refractivity contribution in [2.45, 2.75) is 6.54 Å². The fourth-order valence-corrected chi connectivity index (χ4v) is 2.95. The number of amides is 1. The lowest BCUT2D eigenvalue weighted by Gasteiger charge is -2.16. The van der Waals surface area contributed by atoms with Crippen molar-refractivity contribution in [1.82, 2.24) is 10.3 Å². The Morgan fingerprint density at radius 1 is 1.13 bits per heavy atom. The molecule has 0 radical (unpaired) electrons. The van der Waals surface area contributed by atoms with Crippen LogP contribution in [-0.2, 0) is 6.54 Å². The second-order valence-electron chi connectivity index (χ2n) is 6.89. The Kier molecular flexibility index (Phi) is 7.45. The van der Waals surface area contributed by atoms with Gasteiger partial charge in [-0.3, -0.25) is 15.1 Å². The highest BCUT2D eigenvalue weighted by Crippen LogP contribution is 2.27. The van der Waals surface area contributed by atoms with E-state index in [9.17, 15) is 4.79 Å². The van der Waals surface area contributed by atoms with Crippen molar-refractivity contribution in [2.75, 3.05) is 31.4 Å². The van der Waals surface area contributed by atoms with Crippen molar-refractivity contribution in [2.24, 2.45) is 4.99 Å². The number of anilines is 2. The highest BCUT2D eigenvalue weighted by molar-refractivity contribution is 6.31. The van der Waals surface area contributed by atoms with Gasteiger partial charge in [-0.15, -0.1) is 0 Å². The van der Waals surface area contributed by atoms with Gasteiger partial charge in [-0.1, -0.05) is 17.7 Å². The molecule has 0 bridgehead atoms. The summed E-state index contributed by atoms with van der Waals surface area (Å²) in [5, 5.41) is 6.52. The van der Waals surface area contributed by atoms with Gasteiger partial charge in [0.25, 0.3) is 5.91 Å². The van der Waals surface area contributed by atoms with E-state index in [4.69, 9.17) is 16.3 Å². The quantitative estimate of drug-likeness (QED) is 0.446. The van der Waals surface area contributed by atoms with E-state index >= 15 is 0 Å². The molecule has 8 heteroatoms. The van der Waals surface area contributed by atoms with Crippen LogP contribution in [0.2, 0.25) is 5.02 Å². The number of hydrogen-bond donors (Lipinski definition) is 2. The first-order chi connectivity index (χ1) is 15.0. The molecule has 7 nitrogen and oxygen atoms in total. The Hall–Kier alpha value is -3.58. The molecule has 0 saturated heterocycles. The fraction of sp³-hybridized carbons (Fsp3) is 0.174. The van der Waals surface area contributed by atoms with Gasteiger partial charge in [-0.25, -0.2) is 4.99 Å². The predicted octanol–water partition coefficient (Wildman–Crippen LogP) is 4.21. The minimum Gasteiger partial charge on any atom is -0.495 e. The molecule has 1 aromatic heterocycles. The number of nitrogens with zero attached hydrogens (tertiary/aromatic N) is 3. The Morgan fingerprint density at radius 3 is 2.61 bits per heavy atom. The molecule has 0 atom stereocenters. The average molecular weight is 438 g/mol. The maximum absolute atomic E-state index is 12.9. The summed E-state index contributed by atoms with van der Waals surface area (Å²) in [6.45, 7) is 0.353. The van der Waals surface area contributed by atoms with Crippen LogP contribution < -0.4 is 20.3 Å². The van der Waals surface area contributed by atoms with Crippen molar-refractivity contribution < 1.29 is 9.53 Å². The van der Waals surface area contributed by atoms with E-state index in [1.54, 1.807) is 43.8 Å². The summed E-state index contributed by atoms with van der Waals surface area (Å²) in [4.78, 5) is 23.4. The highest BCUT2D eigenvalue weighted by Gasteiger charge is 2.13. The van der Waals surface area contributed by atoms with E-state index in [2.05, 4.69) is 20.6 Å². The Labute approximate surface area is 186 Å². The van der Waals surface area contributed by atoms with Crippen LogP contribution in [0.3, 0.4) is 0 Å². The molecule has 3 rings (SSSR count). The molecule has 3 aromatic rings. The van der Waals surface area contributed by atoms with Crippen molar-refractivity contribution >= 4 is 34.8 Å². The summed E-state index contributed by atoms with van der Waals surface area (Å²) >= 11 is 6.14. The van der Waals surface area contributed by atoms with Crippen LogP contribution in [0.15, 0.2) is 72.0 Å². The summed E-state index contributed by atoms with van der Waals surface area (Å²) in [6.07, 6.45) is 3.40. The lowest BCUT2D eigenvalue weighted by molar-refractivity contribution is 0.0977. The molecule has 0 spiro atoms. The lowest BCUT2D eigenvalue weighted by Crippen LogP contribution is -2.36. The van der Waals surface area contributed by atoms with E-state index in [0.29, 0.717) is 28.6 Å². The van der Waals surface area contributed by atoms with Crippen LogP contribution in [0, 0.1) is 0 Å². The van der Waals surface area contributed by atoms with Gasteiger partial charge in [-0.2, -0.15) is 0 Å². The molecule has 2 aromatic carbocycles. The molecular weight excluding hydrogens is 414 g/mol. The zero-order chi connectivity index (χ0) is 22.2. The van der Waals surface area contributed by atoms with Crippen molar-refractivity contribution in [3.05, 3.63) is 83.1 Å². The van der Waals surface area contributed by atoms with E-state index < -0.39 is 0 Å². The number of carbonyl (C=O) groups is 1. The van der Waals surface area contributed by atoms with Gasteiger partial charge in [0, 0.05) is 42.8 Å². The molecule has 31 heavy (non-hydrogen) atoms. The maximum atomic E-state index is 12.9. The van der Waals surface area contributed by atoms with Gasteiger partial charge in [0.2, 0.25) is 5.96 Å². The third-order valence-corrected chi connectivity index (χ3v) is 4.68. The number of carbonyl (C=O) groups excluding carboxylic acids is 1. The molecular formula is C23H24ClN5O2. The molecule has 0 fully saturated rings. The molecule has 0 unspecified atom stereocenters. The number of pyridine rings is 1. The number of hydrogen-bond acceptors (Lipinski definition) is 5. The minimum atomic E-state index is -0.286. The molecule has 0 aliphatic rings. The monoisotopic (exact) mass is 437 g/mol. The summed E-state index contributed by atoms with van der Waals surface area (Å²) in [5.41, 5.74) is 2.98. The van der Waals surface area contributed by atoms with Crippen molar-refractivity contribution in [3.8, 4) is 5.75 Å². The Morgan fingerprint density at radius 2 is 1.90 bits per heavy atom. The highest BCUT2D eigenvalue weighted by atomic mass is 35.5. The van der Waals surface area contributed by atoms with Gasteiger partial charge >= 0.3 is 0 Å². The molecule has 1 amide bonds. The van der Waals surface area contributed by atoms with Crippen LogP contribution in [0.5, 0.6) is 5.75 Å². The summed E-state index contributed by atoms with van der Waals surface area (Å²) in [7, 11) is 5.41. The number of benzene rings is 2. The topological polar surface area (TPSA) is 78.8 Å². The SMILES string of the molecule is COc1ccc(Cl)cc1NC(=NCc1ccncc1)NC(=O)c1cccc(N(C)C)c1. The summed E-state index contributed by atoms with van der Waals surface area (Å²) < 4.78 is 5.39. The molecule has 0 aliphatic carbocycles. The van der Waals surface area contributed by atoms with Gasteiger partial charge in [0.05, 0.1) is 19.3 Å². The van der Waals surface area contributed by atoms with Crippen LogP contribution in [0.25, 0.3) is 0 Å². The van der Waals surface area contributed by atoms with E-state index in [-0.39, 0.29) is 11.9 Å². The lowest BCUT2D eigenvalue weighted by atomic mass is 10.2. The largest absolute Gasteiger partial charge is 0.495 e. The molecule has 2 N–H and O–H groups in total. The smallest absolute Gasteiger partial charge is 0.258 e.